The van der Waals surface area contributed by atoms with Crippen molar-refractivity contribution in [3.63, 3.8) is 0 Å². The first-order valence-corrected chi connectivity index (χ1v) is 8.56. The molecule has 1 saturated heterocycles. The quantitative estimate of drug-likeness (QED) is 0.872. The molecule has 120 valence electrons. The minimum atomic E-state index is -0.0209. The predicted octanol–water partition coefficient (Wildman–Crippen LogP) is 2.19. The van der Waals surface area contributed by atoms with Crippen LogP contribution in [0.4, 0.5) is 0 Å². The number of amides is 1. The fraction of sp³-hybridized carbons (Fsp3) is 0.350. The van der Waals surface area contributed by atoms with E-state index in [1.807, 2.05) is 30.3 Å². The summed E-state index contributed by atoms with van der Waals surface area (Å²) in [5, 5.41) is 2.97. The van der Waals surface area contributed by atoms with Gasteiger partial charge >= 0.3 is 0 Å². The van der Waals surface area contributed by atoms with Crippen molar-refractivity contribution in [3.8, 4) is 0 Å². The molecule has 0 spiro atoms. The van der Waals surface area contributed by atoms with E-state index in [-0.39, 0.29) is 5.91 Å². The second-order valence-electron chi connectivity index (χ2n) is 6.35. The van der Waals surface area contributed by atoms with Gasteiger partial charge in [-0.25, -0.2) is 0 Å². The molecule has 1 heterocycles. The maximum Gasteiger partial charge on any atom is 0.251 e. The first kappa shape index (κ1) is 15.8. The normalized spacial score (nSPS) is 15.3. The van der Waals surface area contributed by atoms with E-state index in [2.05, 4.69) is 29.6 Å². The summed E-state index contributed by atoms with van der Waals surface area (Å²) in [6.07, 6.45) is 4.11. The number of rotatable bonds is 5. The Labute approximate surface area is 138 Å². The van der Waals surface area contributed by atoms with E-state index in [1.54, 1.807) is 4.90 Å². The van der Waals surface area contributed by atoms with Crippen molar-refractivity contribution in [2.45, 2.75) is 32.4 Å². The van der Waals surface area contributed by atoms with Gasteiger partial charge in [0.15, 0.2) is 0 Å². The summed E-state index contributed by atoms with van der Waals surface area (Å²) in [6.45, 7) is 4.30. The van der Waals surface area contributed by atoms with Gasteiger partial charge in [0.1, 0.15) is 6.54 Å². The van der Waals surface area contributed by atoms with Crippen molar-refractivity contribution in [2.75, 3.05) is 13.1 Å². The lowest BCUT2D eigenvalue weighted by Crippen LogP contribution is -3.11. The fourth-order valence-corrected chi connectivity index (χ4v) is 3.17. The first-order chi connectivity index (χ1) is 11.3. The van der Waals surface area contributed by atoms with E-state index in [0.29, 0.717) is 12.1 Å². The van der Waals surface area contributed by atoms with Gasteiger partial charge in [-0.2, -0.15) is 0 Å². The molecular formula is C20H25N2O+. The third kappa shape index (κ3) is 4.67. The van der Waals surface area contributed by atoms with Crippen LogP contribution in [0.15, 0.2) is 54.6 Å². The van der Waals surface area contributed by atoms with Crippen LogP contribution < -0.4 is 10.2 Å². The van der Waals surface area contributed by atoms with Crippen LogP contribution in [-0.2, 0) is 13.1 Å². The Morgan fingerprint density at radius 3 is 2.22 bits per heavy atom. The van der Waals surface area contributed by atoms with Crippen LogP contribution in [0, 0.1) is 0 Å². The molecular weight excluding hydrogens is 284 g/mol. The SMILES string of the molecule is O=C(NCc1ccc(C[NH+]2CCCCC2)cc1)c1ccccc1. The monoisotopic (exact) mass is 309 g/mol. The van der Waals surface area contributed by atoms with Crippen LogP contribution in [0.2, 0.25) is 0 Å². The number of likely N-dealkylation sites (tertiary alicyclic amines) is 1. The zero-order valence-electron chi connectivity index (χ0n) is 13.6. The maximum absolute atomic E-state index is 12.0. The van der Waals surface area contributed by atoms with Gasteiger partial charge in [0.25, 0.3) is 5.91 Å². The van der Waals surface area contributed by atoms with E-state index in [9.17, 15) is 4.79 Å². The van der Waals surface area contributed by atoms with E-state index in [0.717, 1.165) is 12.1 Å². The fourth-order valence-electron chi connectivity index (χ4n) is 3.17. The van der Waals surface area contributed by atoms with Crippen molar-refractivity contribution in [2.24, 2.45) is 0 Å². The van der Waals surface area contributed by atoms with Crippen LogP contribution in [0.25, 0.3) is 0 Å². The van der Waals surface area contributed by atoms with Gasteiger partial charge in [0.2, 0.25) is 0 Å². The average Bonchev–Trinajstić information content (AvgIpc) is 2.62. The van der Waals surface area contributed by atoms with Crippen molar-refractivity contribution in [3.05, 3.63) is 71.3 Å². The Balaban J connectivity index is 1.50. The molecule has 1 aliphatic heterocycles. The molecule has 23 heavy (non-hydrogen) atoms. The van der Waals surface area contributed by atoms with Gasteiger partial charge in [0.05, 0.1) is 13.1 Å². The zero-order chi connectivity index (χ0) is 15.9. The van der Waals surface area contributed by atoms with Gasteiger partial charge in [0, 0.05) is 17.7 Å². The summed E-state index contributed by atoms with van der Waals surface area (Å²) in [5.74, 6) is -0.0209. The highest BCUT2D eigenvalue weighted by molar-refractivity contribution is 5.94. The number of quaternary nitrogens is 1. The Morgan fingerprint density at radius 2 is 1.52 bits per heavy atom. The van der Waals surface area contributed by atoms with Crippen molar-refractivity contribution >= 4 is 5.91 Å². The summed E-state index contributed by atoms with van der Waals surface area (Å²) < 4.78 is 0. The lowest BCUT2D eigenvalue weighted by Gasteiger charge is -2.23. The Bertz CT molecular complexity index is 616. The van der Waals surface area contributed by atoms with Gasteiger partial charge in [-0.1, -0.05) is 42.5 Å². The summed E-state index contributed by atoms with van der Waals surface area (Å²) in [4.78, 5) is 13.7. The highest BCUT2D eigenvalue weighted by atomic mass is 16.1. The molecule has 2 aromatic rings. The zero-order valence-corrected chi connectivity index (χ0v) is 13.6. The molecule has 2 N–H and O–H groups in total. The van der Waals surface area contributed by atoms with E-state index < -0.39 is 0 Å². The first-order valence-electron chi connectivity index (χ1n) is 8.56. The summed E-state index contributed by atoms with van der Waals surface area (Å²) in [6, 6.07) is 18.0. The molecule has 3 nitrogen and oxygen atoms in total. The van der Waals surface area contributed by atoms with Crippen LogP contribution in [0.1, 0.15) is 40.7 Å². The van der Waals surface area contributed by atoms with Crippen molar-refractivity contribution in [1.82, 2.24) is 5.32 Å². The maximum atomic E-state index is 12.0. The molecule has 0 radical (unpaired) electrons. The average molecular weight is 309 g/mol. The molecule has 0 aliphatic carbocycles. The number of carbonyl (C=O) groups is 1. The Hall–Kier alpha value is -2.13. The molecule has 0 unspecified atom stereocenters. The molecule has 0 bridgehead atoms. The number of benzene rings is 2. The topological polar surface area (TPSA) is 33.5 Å². The molecule has 1 aliphatic rings. The van der Waals surface area contributed by atoms with Crippen LogP contribution in [0.5, 0.6) is 0 Å². The van der Waals surface area contributed by atoms with Crippen LogP contribution in [-0.4, -0.2) is 19.0 Å². The smallest absolute Gasteiger partial charge is 0.251 e. The highest BCUT2D eigenvalue weighted by Gasteiger charge is 2.13. The van der Waals surface area contributed by atoms with E-state index >= 15 is 0 Å². The molecule has 0 aromatic heterocycles. The van der Waals surface area contributed by atoms with Crippen LogP contribution >= 0.6 is 0 Å². The number of hydrogen-bond acceptors (Lipinski definition) is 1. The lowest BCUT2D eigenvalue weighted by atomic mass is 10.1. The predicted molar refractivity (Wildman–Crippen MR) is 92.3 cm³/mol. The number of hydrogen-bond donors (Lipinski definition) is 2. The van der Waals surface area contributed by atoms with Gasteiger partial charge < -0.3 is 10.2 Å². The Kier molecular flexibility index (Phi) is 5.43. The second-order valence-corrected chi connectivity index (χ2v) is 6.35. The van der Waals surface area contributed by atoms with Gasteiger partial charge in [-0.3, -0.25) is 4.79 Å². The van der Waals surface area contributed by atoms with Crippen LogP contribution in [0.3, 0.4) is 0 Å². The van der Waals surface area contributed by atoms with Gasteiger partial charge in [-0.15, -0.1) is 0 Å². The third-order valence-electron chi connectivity index (χ3n) is 4.53. The summed E-state index contributed by atoms with van der Waals surface area (Å²) in [5.41, 5.74) is 3.24. The number of nitrogens with one attached hydrogen (secondary N) is 2. The molecule has 2 aromatic carbocycles. The lowest BCUT2D eigenvalue weighted by molar-refractivity contribution is -0.918. The third-order valence-corrected chi connectivity index (χ3v) is 4.53. The minimum absolute atomic E-state index is 0.0209. The Morgan fingerprint density at radius 1 is 0.870 bits per heavy atom. The molecule has 3 rings (SSSR count). The largest absolute Gasteiger partial charge is 0.348 e. The molecule has 3 heteroatoms. The second kappa shape index (κ2) is 7.93. The number of carbonyl (C=O) groups excluding carboxylic acids is 1. The van der Waals surface area contributed by atoms with Crippen molar-refractivity contribution in [1.29, 1.82) is 0 Å². The van der Waals surface area contributed by atoms with Gasteiger partial charge in [-0.05, 0) is 37.0 Å². The van der Waals surface area contributed by atoms with E-state index in [4.69, 9.17) is 0 Å². The molecule has 0 saturated carbocycles. The molecule has 1 fully saturated rings. The number of piperidine rings is 1. The summed E-state index contributed by atoms with van der Waals surface area (Å²) >= 11 is 0. The molecule has 0 atom stereocenters. The molecule has 1 amide bonds. The highest BCUT2D eigenvalue weighted by Crippen LogP contribution is 2.05. The minimum Gasteiger partial charge on any atom is -0.348 e. The van der Waals surface area contributed by atoms with E-state index in [1.165, 1.54) is 37.9 Å². The standard InChI is InChI=1S/C20H24N2O/c23-20(19-7-3-1-4-8-19)21-15-17-9-11-18(12-10-17)16-22-13-5-2-6-14-22/h1,3-4,7-12H,2,5-6,13-16H2,(H,21,23)/p+1. The summed E-state index contributed by atoms with van der Waals surface area (Å²) in [7, 11) is 0. The van der Waals surface area contributed by atoms with Crippen molar-refractivity contribution < 1.29 is 9.69 Å².